The van der Waals surface area contributed by atoms with E-state index in [0.29, 0.717) is 6.42 Å². The Hall–Kier alpha value is -1.03. The van der Waals surface area contributed by atoms with Crippen molar-refractivity contribution in [2.75, 3.05) is 0 Å². The number of allylic oxidation sites excluding steroid dienone is 4. The highest BCUT2D eigenvalue weighted by Gasteiger charge is 1.85. The van der Waals surface area contributed by atoms with E-state index < -0.39 is 0 Å². The Balaban J connectivity index is 3.06. The molecule has 1 nitrogen and oxygen atoms in total. The molecule has 0 heterocycles. The Morgan fingerprint density at radius 1 is 0.929 bits per heavy atom. The van der Waals surface area contributed by atoms with Gasteiger partial charge in [0.1, 0.15) is 0 Å². The third kappa shape index (κ3) is 11.0. The van der Waals surface area contributed by atoms with E-state index in [1.807, 2.05) is 0 Å². The van der Waals surface area contributed by atoms with Gasteiger partial charge in [0.25, 0.3) is 0 Å². The first-order chi connectivity index (χ1) is 6.91. The van der Waals surface area contributed by atoms with E-state index in [0.717, 1.165) is 6.42 Å². The van der Waals surface area contributed by atoms with Crippen LogP contribution in [0.3, 0.4) is 0 Å². The lowest BCUT2D eigenvalue weighted by molar-refractivity contribution is 0.695. The van der Waals surface area contributed by atoms with E-state index in [1.54, 1.807) is 0 Å². The molecule has 78 valence electrons. The lowest BCUT2D eigenvalue weighted by Crippen LogP contribution is -1.74. The molecule has 0 saturated carbocycles. The summed E-state index contributed by atoms with van der Waals surface area (Å²) >= 11 is 0. The minimum absolute atomic E-state index is 0.651. The van der Waals surface area contributed by atoms with Crippen molar-refractivity contribution >= 4 is 0 Å². The molecule has 0 radical (unpaired) electrons. The maximum Gasteiger partial charge on any atom is 0.0624 e. The van der Waals surface area contributed by atoms with Crippen molar-refractivity contribution in [1.82, 2.24) is 0 Å². The van der Waals surface area contributed by atoms with Crippen molar-refractivity contribution in [2.24, 2.45) is 0 Å². The summed E-state index contributed by atoms with van der Waals surface area (Å²) < 4.78 is 0. The van der Waals surface area contributed by atoms with E-state index in [4.69, 9.17) is 5.26 Å². The fourth-order valence-corrected chi connectivity index (χ4v) is 1.25. The standard InChI is InChI=1S/C13H21N/c1-2-3-4-5-6-7-8-9-10-11-12-13-14/h2-3,9-10H,4-8,11-12H2,1H3/b3-2+,10-9+. The molecule has 0 saturated heterocycles. The Bertz CT molecular complexity index is 196. The molecule has 0 aliphatic rings. The number of hydrogen-bond acceptors (Lipinski definition) is 1. The van der Waals surface area contributed by atoms with Crippen molar-refractivity contribution in [2.45, 2.75) is 51.9 Å². The fourth-order valence-electron chi connectivity index (χ4n) is 1.25. The van der Waals surface area contributed by atoms with Gasteiger partial charge < -0.3 is 0 Å². The van der Waals surface area contributed by atoms with Crippen LogP contribution >= 0.6 is 0 Å². The van der Waals surface area contributed by atoms with Crippen LogP contribution in [0.4, 0.5) is 0 Å². The normalized spacial score (nSPS) is 11.1. The van der Waals surface area contributed by atoms with Crippen molar-refractivity contribution in [3.8, 4) is 6.07 Å². The van der Waals surface area contributed by atoms with E-state index in [2.05, 4.69) is 37.3 Å². The van der Waals surface area contributed by atoms with Gasteiger partial charge in [-0.3, -0.25) is 0 Å². The van der Waals surface area contributed by atoms with Crippen LogP contribution in [-0.2, 0) is 0 Å². The highest BCUT2D eigenvalue weighted by Crippen LogP contribution is 2.04. The SMILES string of the molecule is C/C=C/CCCCC/C=C/CCC#N. The van der Waals surface area contributed by atoms with Crippen LogP contribution in [0.15, 0.2) is 24.3 Å². The molecule has 0 N–H and O–H groups in total. The van der Waals surface area contributed by atoms with Gasteiger partial charge in [-0.15, -0.1) is 0 Å². The van der Waals surface area contributed by atoms with Gasteiger partial charge in [0.15, 0.2) is 0 Å². The van der Waals surface area contributed by atoms with Crippen LogP contribution in [0, 0.1) is 11.3 Å². The maximum atomic E-state index is 8.30. The molecule has 0 aromatic carbocycles. The summed E-state index contributed by atoms with van der Waals surface area (Å²) in [6.07, 6.45) is 16.5. The maximum absolute atomic E-state index is 8.30. The molecule has 0 aliphatic carbocycles. The number of unbranched alkanes of at least 4 members (excludes halogenated alkanes) is 5. The Morgan fingerprint density at radius 2 is 1.57 bits per heavy atom. The molecule has 14 heavy (non-hydrogen) atoms. The molecule has 0 bridgehead atoms. The highest BCUT2D eigenvalue weighted by atomic mass is 14.2. The summed E-state index contributed by atoms with van der Waals surface area (Å²) in [6.45, 7) is 2.07. The molecular weight excluding hydrogens is 170 g/mol. The fraction of sp³-hybridized carbons (Fsp3) is 0.615. The Labute approximate surface area is 88.1 Å². The summed E-state index contributed by atoms with van der Waals surface area (Å²) in [5.41, 5.74) is 0. The van der Waals surface area contributed by atoms with Crippen LogP contribution in [0.25, 0.3) is 0 Å². The van der Waals surface area contributed by atoms with E-state index in [9.17, 15) is 0 Å². The molecule has 0 fully saturated rings. The predicted octanol–water partition coefficient (Wildman–Crippen LogP) is 4.37. The van der Waals surface area contributed by atoms with Crippen molar-refractivity contribution in [3.63, 3.8) is 0 Å². The van der Waals surface area contributed by atoms with Crippen LogP contribution in [0.2, 0.25) is 0 Å². The third-order valence-electron chi connectivity index (χ3n) is 2.07. The van der Waals surface area contributed by atoms with Gasteiger partial charge in [-0.05, 0) is 39.0 Å². The molecule has 0 aromatic heterocycles. The van der Waals surface area contributed by atoms with Gasteiger partial charge in [-0.2, -0.15) is 5.26 Å². The zero-order chi connectivity index (χ0) is 10.5. The van der Waals surface area contributed by atoms with E-state index in [1.165, 1.54) is 32.1 Å². The molecule has 0 spiro atoms. The minimum Gasteiger partial charge on any atom is -0.198 e. The monoisotopic (exact) mass is 191 g/mol. The average molecular weight is 191 g/mol. The summed E-state index contributed by atoms with van der Waals surface area (Å²) in [4.78, 5) is 0. The zero-order valence-corrected chi connectivity index (χ0v) is 9.21. The molecule has 0 unspecified atom stereocenters. The Morgan fingerprint density at radius 3 is 2.21 bits per heavy atom. The summed E-state index contributed by atoms with van der Waals surface area (Å²) in [6, 6.07) is 2.13. The van der Waals surface area contributed by atoms with Gasteiger partial charge in [0.2, 0.25) is 0 Å². The largest absolute Gasteiger partial charge is 0.198 e. The first-order valence-electron chi connectivity index (χ1n) is 5.55. The molecule has 1 heteroatoms. The molecule has 0 amide bonds. The van der Waals surface area contributed by atoms with Crippen LogP contribution < -0.4 is 0 Å². The quantitative estimate of drug-likeness (QED) is 0.413. The van der Waals surface area contributed by atoms with Gasteiger partial charge in [-0.25, -0.2) is 0 Å². The second-order valence-electron chi connectivity index (χ2n) is 3.38. The number of hydrogen-bond donors (Lipinski definition) is 0. The zero-order valence-electron chi connectivity index (χ0n) is 9.21. The van der Waals surface area contributed by atoms with Crippen LogP contribution in [0.5, 0.6) is 0 Å². The van der Waals surface area contributed by atoms with E-state index in [-0.39, 0.29) is 0 Å². The minimum atomic E-state index is 0.651. The van der Waals surface area contributed by atoms with Crippen LogP contribution in [-0.4, -0.2) is 0 Å². The summed E-state index contributed by atoms with van der Waals surface area (Å²) in [5, 5.41) is 8.30. The Kier molecular flexibility index (Phi) is 11.1. The predicted molar refractivity (Wildman–Crippen MR) is 61.9 cm³/mol. The smallest absolute Gasteiger partial charge is 0.0624 e. The first-order valence-corrected chi connectivity index (χ1v) is 5.55. The van der Waals surface area contributed by atoms with Crippen LogP contribution in [0.1, 0.15) is 51.9 Å². The summed E-state index contributed by atoms with van der Waals surface area (Å²) in [5.74, 6) is 0. The lowest BCUT2D eigenvalue weighted by atomic mass is 10.1. The second kappa shape index (κ2) is 12.0. The van der Waals surface area contributed by atoms with Crippen molar-refractivity contribution < 1.29 is 0 Å². The first kappa shape index (κ1) is 13.0. The van der Waals surface area contributed by atoms with Gasteiger partial charge in [0, 0.05) is 6.42 Å². The van der Waals surface area contributed by atoms with E-state index >= 15 is 0 Å². The summed E-state index contributed by atoms with van der Waals surface area (Å²) in [7, 11) is 0. The molecule has 0 rings (SSSR count). The van der Waals surface area contributed by atoms with Crippen molar-refractivity contribution in [1.29, 1.82) is 5.26 Å². The second-order valence-corrected chi connectivity index (χ2v) is 3.38. The van der Waals surface area contributed by atoms with Crippen molar-refractivity contribution in [3.05, 3.63) is 24.3 Å². The molecule has 0 aromatic rings. The molecular formula is C13H21N. The molecule has 0 aliphatic heterocycles. The number of nitrogens with zero attached hydrogens (tertiary/aromatic N) is 1. The average Bonchev–Trinajstić information content (AvgIpc) is 2.21. The topological polar surface area (TPSA) is 23.8 Å². The number of rotatable bonds is 8. The number of nitriles is 1. The third-order valence-corrected chi connectivity index (χ3v) is 2.07. The van der Waals surface area contributed by atoms with Gasteiger partial charge in [-0.1, -0.05) is 30.7 Å². The molecule has 0 atom stereocenters. The van der Waals surface area contributed by atoms with Gasteiger partial charge in [0.05, 0.1) is 6.07 Å². The highest BCUT2D eigenvalue weighted by molar-refractivity contribution is 4.85. The van der Waals surface area contributed by atoms with Gasteiger partial charge >= 0.3 is 0 Å². The lowest BCUT2D eigenvalue weighted by Gasteiger charge is -1.94.